The van der Waals surface area contributed by atoms with Crippen LogP contribution in [0.2, 0.25) is 0 Å². The molecule has 9 rings (SSSR count). The quantitative estimate of drug-likeness (QED) is 0.0416. The second-order valence-electron chi connectivity index (χ2n) is 19.0. The lowest BCUT2D eigenvalue weighted by Gasteiger charge is -2.29. The van der Waals surface area contributed by atoms with Crippen molar-refractivity contribution in [2.75, 3.05) is 86.6 Å². The molecular weight excluding hydrogens is 943 g/mol. The molecule has 5 aromatic carbocycles. The molecule has 4 aliphatic rings. The lowest BCUT2D eigenvalue weighted by molar-refractivity contribution is -0.107. The minimum absolute atomic E-state index is 0.00944. The Morgan fingerprint density at radius 3 is 2.11 bits per heavy atom. The zero-order valence-corrected chi connectivity index (χ0v) is 43.3. The maximum Gasteiger partial charge on any atom is 0.261 e. The molecule has 0 unspecified atom stereocenters. The minimum atomic E-state index is -0.187. The molecule has 14 nitrogen and oxygen atoms in total. The molecule has 4 heterocycles. The number of nitrogens with zero attached hydrogens (tertiary/aromatic N) is 4. The van der Waals surface area contributed by atoms with Crippen molar-refractivity contribution in [2.24, 2.45) is 4.99 Å². The second kappa shape index (κ2) is 24.4. The first kappa shape index (κ1) is 51.4. The maximum atomic E-state index is 14.2. The number of methoxy groups -OCH3 is 3. The molecule has 0 aromatic heterocycles. The van der Waals surface area contributed by atoms with Crippen LogP contribution in [0.1, 0.15) is 88.4 Å². The molecular formula is C58H67N5O9S. The summed E-state index contributed by atoms with van der Waals surface area (Å²) in [6.45, 7) is 6.59. The van der Waals surface area contributed by atoms with Gasteiger partial charge in [-0.05, 0) is 96.2 Å². The zero-order chi connectivity index (χ0) is 50.7. The molecule has 2 amide bonds. The average molecular weight is 1010 g/mol. The predicted octanol–water partition coefficient (Wildman–Crippen LogP) is 10.3. The van der Waals surface area contributed by atoms with Crippen LogP contribution in [0.15, 0.2) is 96.0 Å². The molecule has 0 spiro atoms. The number of fused-ring (bicyclic) bond motifs is 8. The van der Waals surface area contributed by atoms with Gasteiger partial charge in [-0.15, -0.1) is 0 Å². The molecule has 0 fully saturated rings. The number of benzene rings is 5. The highest BCUT2D eigenvalue weighted by Crippen LogP contribution is 2.43. The Labute approximate surface area is 433 Å². The molecule has 0 radical (unpaired) electrons. The van der Waals surface area contributed by atoms with Crippen LogP contribution in [0.25, 0.3) is 0 Å². The summed E-state index contributed by atoms with van der Waals surface area (Å²) in [6, 6.07) is 29.4. The monoisotopic (exact) mass is 1010 g/mol. The highest BCUT2D eigenvalue weighted by Gasteiger charge is 2.39. The van der Waals surface area contributed by atoms with Crippen molar-refractivity contribution in [3.05, 3.63) is 124 Å². The Morgan fingerprint density at radius 2 is 1.40 bits per heavy atom. The number of nitrogens with one attached hydrogen (secondary N) is 1. The molecule has 5 aromatic rings. The molecule has 3 atom stereocenters. The lowest BCUT2D eigenvalue weighted by Crippen LogP contribution is -2.39. The van der Waals surface area contributed by atoms with Gasteiger partial charge < -0.3 is 48.3 Å². The Hall–Kier alpha value is -6.55. The molecule has 4 aliphatic heterocycles. The minimum Gasteiger partial charge on any atom is -0.493 e. The van der Waals surface area contributed by atoms with Crippen LogP contribution >= 0.6 is 11.8 Å². The van der Waals surface area contributed by atoms with E-state index in [0.29, 0.717) is 84.6 Å². The number of hydrogen-bond acceptors (Lipinski definition) is 13. The number of hydrogen-bond donors (Lipinski definition) is 1. The molecule has 15 heteroatoms. The van der Waals surface area contributed by atoms with Gasteiger partial charge in [-0.2, -0.15) is 11.8 Å². The fraction of sp³-hybridized carbons (Fsp3) is 0.414. The van der Waals surface area contributed by atoms with Crippen LogP contribution in [0.5, 0.6) is 23.0 Å². The van der Waals surface area contributed by atoms with Crippen LogP contribution < -0.4 is 39.0 Å². The van der Waals surface area contributed by atoms with E-state index in [1.165, 1.54) is 5.56 Å². The summed E-state index contributed by atoms with van der Waals surface area (Å²) in [5.41, 5.74) is 9.08. The van der Waals surface area contributed by atoms with Crippen molar-refractivity contribution in [3.63, 3.8) is 0 Å². The van der Waals surface area contributed by atoms with Gasteiger partial charge in [0.1, 0.15) is 19.5 Å². The SMILES string of the molecule is COCCCCCCOCCN(C[C@H](C)SCCCC=O)c1cc(COc2cc3c(cc2OC)C(=O)N2c4ccccc4C[C@H]2C=N3)cc(COc2cc3c(cc2OC)C(=O)N2c4ccccc4C[C@H]2CN3)c1. The number of anilines is 4. The van der Waals surface area contributed by atoms with Gasteiger partial charge in [0.25, 0.3) is 11.8 Å². The standard InChI is InChI=1S/C58H67N5O9S/c1-39(73-24-14-11-20-64)36-61(19-23-70-22-13-6-5-12-21-67-2)44-26-40(37-71-55-32-49-47(30-53(55)68-3)57(65)62-45(34-59-49)28-42-15-7-9-17-51(42)62)25-41(27-44)38-72-56-33-50-48(31-54(56)69-4)58(66)63-46(35-60-50)29-43-16-8-10-18-52(43)63/h7-10,15-18,20,25-27,30-34,39,45-46,60H,5-6,11-14,19,21-24,28-29,35-38H2,1-4H3/t39-,45-,46-/m0/s1. The number of rotatable bonds is 26. The number of ether oxygens (including phenoxy) is 6. The number of carbonyl (C=O) groups excluding carboxylic acids is 3. The van der Waals surface area contributed by atoms with E-state index in [1.54, 1.807) is 39.5 Å². The van der Waals surface area contributed by atoms with E-state index in [4.69, 9.17) is 33.4 Å². The first-order valence-corrected chi connectivity index (χ1v) is 26.6. The topological polar surface area (TPSA) is 141 Å². The maximum absolute atomic E-state index is 14.2. The third-order valence-corrected chi connectivity index (χ3v) is 15.2. The molecule has 1 N–H and O–H groups in total. The van der Waals surface area contributed by atoms with Crippen LogP contribution in [0, 0.1) is 0 Å². The molecule has 0 saturated carbocycles. The van der Waals surface area contributed by atoms with Gasteiger partial charge in [-0.25, -0.2) is 0 Å². The van der Waals surface area contributed by atoms with Crippen molar-refractivity contribution >= 4 is 64.5 Å². The second-order valence-corrected chi connectivity index (χ2v) is 20.6. The van der Waals surface area contributed by atoms with Gasteiger partial charge in [0, 0.05) is 93.5 Å². The number of thioether (sulfide) groups is 1. The summed E-state index contributed by atoms with van der Waals surface area (Å²) in [7, 11) is 4.91. The molecule has 0 saturated heterocycles. The van der Waals surface area contributed by atoms with Crippen LogP contribution in [-0.2, 0) is 40.3 Å². The van der Waals surface area contributed by atoms with Crippen molar-refractivity contribution in [3.8, 4) is 23.0 Å². The van der Waals surface area contributed by atoms with E-state index in [-0.39, 0.29) is 42.4 Å². The third-order valence-electron chi connectivity index (χ3n) is 13.9. The Kier molecular flexibility index (Phi) is 17.2. The fourth-order valence-electron chi connectivity index (χ4n) is 10.2. The highest BCUT2D eigenvalue weighted by atomic mass is 32.2. The Morgan fingerprint density at radius 1 is 0.740 bits per heavy atom. The van der Waals surface area contributed by atoms with E-state index in [1.807, 2.05) is 70.2 Å². The van der Waals surface area contributed by atoms with E-state index in [9.17, 15) is 14.4 Å². The van der Waals surface area contributed by atoms with Crippen molar-refractivity contribution in [1.29, 1.82) is 0 Å². The number of aldehydes is 1. The van der Waals surface area contributed by atoms with Gasteiger partial charge in [0.2, 0.25) is 0 Å². The Balaban J connectivity index is 0.987. The first-order chi connectivity index (χ1) is 35.8. The summed E-state index contributed by atoms with van der Waals surface area (Å²) in [4.78, 5) is 50.4. The van der Waals surface area contributed by atoms with Gasteiger partial charge in [-0.1, -0.05) is 56.2 Å². The number of aliphatic imine (C=N–C) groups is 1. The highest BCUT2D eigenvalue weighted by molar-refractivity contribution is 7.99. The Bertz CT molecular complexity index is 2790. The fourth-order valence-corrected chi connectivity index (χ4v) is 11.3. The smallest absolute Gasteiger partial charge is 0.261 e. The summed E-state index contributed by atoms with van der Waals surface area (Å²) in [5.74, 6) is 2.54. The normalized spacial score (nSPS) is 16.5. The molecule has 0 bridgehead atoms. The largest absolute Gasteiger partial charge is 0.493 e. The van der Waals surface area contributed by atoms with E-state index < -0.39 is 0 Å². The van der Waals surface area contributed by atoms with Crippen LogP contribution in [-0.4, -0.2) is 108 Å². The van der Waals surface area contributed by atoms with E-state index in [0.717, 1.165) is 97.5 Å². The van der Waals surface area contributed by atoms with Crippen LogP contribution in [0.4, 0.5) is 28.4 Å². The number of amides is 2. The number of para-hydroxylation sites is 2. The van der Waals surface area contributed by atoms with Crippen molar-refractivity contribution in [1.82, 2.24) is 0 Å². The van der Waals surface area contributed by atoms with E-state index in [2.05, 4.69) is 47.5 Å². The average Bonchev–Trinajstić information content (AvgIpc) is 3.90. The van der Waals surface area contributed by atoms with Crippen molar-refractivity contribution in [2.45, 2.75) is 88.8 Å². The van der Waals surface area contributed by atoms with Gasteiger partial charge in [0.05, 0.1) is 55.4 Å². The summed E-state index contributed by atoms with van der Waals surface area (Å²) < 4.78 is 36.6. The first-order valence-electron chi connectivity index (χ1n) is 25.6. The van der Waals surface area contributed by atoms with Gasteiger partial charge in [-0.3, -0.25) is 19.5 Å². The third kappa shape index (κ3) is 12.0. The van der Waals surface area contributed by atoms with Gasteiger partial charge >= 0.3 is 0 Å². The molecule has 73 heavy (non-hydrogen) atoms. The predicted molar refractivity (Wildman–Crippen MR) is 290 cm³/mol. The van der Waals surface area contributed by atoms with Gasteiger partial charge in [0.15, 0.2) is 23.0 Å². The van der Waals surface area contributed by atoms with Crippen LogP contribution in [0.3, 0.4) is 0 Å². The summed E-state index contributed by atoms with van der Waals surface area (Å²) in [6.07, 6.45) is 9.94. The lowest BCUT2D eigenvalue weighted by atomic mass is 10.1. The van der Waals surface area contributed by atoms with E-state index >= 15 is 0 Å². The summed E-state index contributed by atoms with van der Waals surface area (Å²) in [5, 5.41) is 3.81. The zero-order valence-electron chi connectivity index (χ0n) is 42.4. The molecule has 0 aliphatic carbocycles. The molecule has 384 valence electrons. The number of unbranched alkanes of at least 4 members (excludes halogenated alkanes) is 4. The summed E-state index contributed by atoms with van der Waals surface area (Å²) >= 11 is 1.86. The van der Waals surface area contributed by atoms with Crippen molar-refractivity contribution < 1.29 is 42.8 Å². The number of carbonyl (C=O) groups is 3.